The second-order valence-electron chi connectivity index (χ2n) is 4.71. The number of methoxy groups -OCH3 is 1. The molecule has 20 heavy (non-hydrogen) atoms. The van der Waals surface area contributed by atoms with Crippen molar-refractivity contribution >= 4 is 33.2 Å². The summed E-state index contributed by atoms with van der Waals surface area (Å²) in [4.78, 5) is 0. The summed E-state index contributed by atoms with van der Waals surface area (Å²) in [5, 5.41) is 4.14. The largest absolute Gasteiger partial charge is 0.496 e. The van der Waals surface area contributed by atoms with Crippen LogP contribution in [0.15, 0.2) is 34.8 Å². The third kappa shape index (κ3) is 3.28. The van der Waals surface area contributed by atoms with Crippen molar-refractivity contribution in [3.63, 3.8) is 0 Å². The zero-order chi connectivity index (χ0) is 14.7. The molecule has 0 aliphatic carbocycles. The van der Waals surface area contributed by atoms with Crippen LogP contribution in [0.5, 0.6) is 5.75 Å². The number of aryl methyl sites for hydroxylation is 2. The van der Waals surface area contributed by atoms with Gasteiger partial charge in [0.1, 0.15) is 5.75 Å². The van der Waals surface area contributed by atoms with Crippen molar-refractivity contribution in [2.45, 2.75) is 20.4 Å². The van der Waals surface area contributed by atoms with Crippen LogP contribution in [-0.4, -0.2) is 7.11 Å². The summed E-state index contributed by atoms with van der Waals surface area (Å²) in [6.45, 7) is 4.79. The van der Waals surface area contributed by atoms with Crippen molar-refractivity contribution in [1.29, 1.82) is 0 Å². The van der Waals surface area contributed by atoms with Gasteiger partial charge >= 0.3 is 0 Å². The average Bonchev–Trinajstić information content (AvgIpc) is 2.38. The summed E-state index contributed by atoms with van der Waals surface area (Å²) >= 11 is 9.85. The third-order valence-corrected chi connectivity index (χ3v) is 4.15. The Hall–Kier alpha value is -1.19. The van der Waals surface area contributed by atoms with E-state index in [2.05, 4.69) is 47.2 Å². The van der Waals surface area contributed by atoms with Gasteiger partial charge in [0.2, 0.25) is 0 Å². The molecule has 0 aliphatic rings. The highest BCUT2D eigenvalue weighted by atomic mass is 79.9. The van der Waals surface area contributed by atoms with Gasteiger partial charge in [-0.3, -0.25) is 0 Å². The van der Waals surface area contributed by atoms with E-state index in [0.717, 1.165) is 21.5 Å². The number of ether oxygens (including phenoxy) is 1. The lowest BCUT2D eigenvalue weighted by Crippen LogP contribution is -2.04. The van der Waals surface area contributed by atoms with E-state index in [1.54, 1.807) is 7.11 Å². The van der Waals surface area contributed by atoms with Gasteiger partial charge in [-0.05, 0) is 59.1 Å². The molecule has 106 valence electrons. The molecule has 2 nitrogen and oxygen atoms in total. The second kappa shape index (κ2) is 6.51. The number of nitrogens with one attached hydrogen (secondary N) is 1. The minimum atomic E-state index is 0.616. The Bertz CT molecular complexity index is 605. The molecule has 2 aromatic rings. The number of benzene rings is 2. The Balaban J connectivity index is 2.26. The molecule has 0 amide bonds. The first kappa shape index (κ1) is 15.2. The normalized spacial score (nSPS) is 10.4. The first-order chi connectivity index (χ1) is 9.52. The second-order valence-corrected chi connectivity index (χ2v) is 5.97. The highest BCUT2D eigenvalue weighted by molar-refractivity contribution is 9.10. The number of anilines is 1. The lowest BCUT2D eigenvalue weighted by Gasteiger charge is -2.15. The van der Waals surface area contributed by atoms with Crippen LogP contribution in [0.2, 0.25) is 5.02 Å². The van der Waals surface area contributed by atoms with Crippen LogP contribution >= 0.6 is 27.5 Å². The Morgan fingerprint density at radius 3 is 2.65 bits per heavy atom. The van der Waals surface area contributed by atoms with Gasteiger partial charge in [0.15, 0.2) is 0 Å². The van der Waals surface area contributed by atoms with Gasteiger partial charge in [0, 0.05) is 21.6 Å². The molecule has 0 aliphatic heterocycles. The van der Waals surface area contributed by atoms with Crippen molar-refractivity contribution in [1.82, 2.24) is 0 Å². The summed E-state index contributed by atoms with van der Waals surface area (Å²) in [5.74, 6) is 0.797. The number of halogens is 2. The molecule has 2 rings (SSSR count). The van der Waals surface area contributed by atoms with Crippen LogP contribution in [0.4, 0.5) is 5.69 Å². The van der Waals surface area contributed by atoms with Crippen molar-refractivity contribution in [2.24, 2.45) is 0 Å². The van der Waals surface area contributed by atoms with E-state index in [9.17, 15) is 0 Å². The SMILES string of the molecule is COc1cccc(Cl)c1CNc1c(C)cc(C)cc1Br. The number of hydrogen-bond acceptors (Lipinski definition) is 2. The summed E-state index contributed by atoms with van der Waals surface area (Å²) in [6.07, 6.45) is 0. The van der Waals surface area contributed by atoms with Crippen LogP contribution in [0.1, 0.15) is 16.7 Å². The zero-order valence-corrected chi connectivity index (χ0v) is 14.1. The van der Waals surface area contributed by atoms with Crippen molar-refractivity contribution in [3.05, 3.63) is 56.5 Å². The quantitative estimate of drug-likeness (QED) is 0.800. The Morgan fingerprint density at radius 2 is 2.00 bits per heavy atom. The lowest BCUT2D eigenvalue weighted by molar-refractivity contribution is 0.410. The van der Waals surface area contributed by atoms with Crippen LogP contribution in [0, 0.1) is 13.8 Å². The molecule has 1 N–H and O–H groups in total. The molecule has 0 saturated heterocycles. The molecule has 0 bridgehead atoms. The zero-order valence-electron chi connectivity index (χ0n) is 11.8. The third-order valence-electron chi connectivity index (χ3n) is 3.17. The summed E-state index contributed by atoms with van der Waals surface area (Å²) in [7, 11) is 1.65. The Morgan fingerprint density at radius 1 is 1.25 bits per heavy atom. The van der Waals surface area contributed by atoms with Crippen LogP contribution in [0.3, 0.4) is 0 Å². The van der Waals surface area contributed by atoms with Crippen molar-refractivity contribution in [3.8, 4) is 5.75 Å². The first-order valence-corrected chi connectivity index (χ1v) is 7.52. The average molecular weight is 355 g/mol. The van der Waals surface area contributed by atoms with Crippen LogP contribution in [0.25, 0.3) is 0 Å². The minimum absolute atomic E-state index is 0.616. The highest BCUT2D eigenvalue weighted by Crippen LogP contribution is 2.31. The van der Waals surface area contributed by atoms with Gasteiger partial charge in [-0.2, -0.15) is 0 Å². The Labute approximate surface area is 133 Å². The Kier molecular flexibility index (Phi) is 4.95. The fourth-order valence-corrected chi connectivity index (χ4v) is 3.26. The molecule has 0 fully saturated rings. The predicted octanol–water partition coefficient (Wildman–Crippen LogP) is 5.34. The standard InChI is InChI=1S/C16H17BrClNO/c1-10-7-11(2)16(13(17)8-10)19-9-12-14(18)5-4-6-15(12)20-3/h4-8,19H,9H2,1-3H3. The molecular formula is C16H17BrClNO. The molecule has 0 heterocycles. The molecule has 0 aromatic heterocycles. The van der Waals surface area contributed by atoms with E-state index in [1.165, 1.54) is 11.1 Å². The van der Waals surface area contributed by atoms with Gasteiger partial charge in [-0.15, -0.1) is 0 Å². The maximum Gasteiger partial charge on any atom is 0.125 e. The highest BCUT2D eigenvalue weighted by Gasteiger charge is 2.10. The van der Waals surface area contributed by atoms with E-state index in [1.807, 2.05) is 18.2 Å². The smallest absolute Gasteiger partial charge is 0.125 e. The van der Waals surface area contributed by atoms with Gasteiger partial charge in [0.05, 0.1) is 12.8 Å². The first-order valence-electron chi connectivity index (χ1n) is 6.35. The van der Waals surface area contributed by atoms with E-state index in [4.69, 9.17) is 16.3 Å². The fourth-order valence-electron chi connectivity index (χ4n) is 2.22. The fraction of sp³-hybridized carbons (Fsp3) is 0.250. The van der Waals surface area contributed by atoms with Crippen LogP contribution in [-0.2, 0) is 6.54 Å². The van der Waals surface area contributed by atoms with Gasteiger partial charge in [0.25, 0.3) is 0 Å². The molecule has 0 radical (unpaired) electrons. The predicted molar refractivity (Wildman–Crippen MR) is 88.9 cm³/mol. The molecular weight excluding hydrogens is 338 g/mol. The summed E-state index contributed by atoms with van der Waals surface area (Å²) in [5.41, 5.74) is 4.47. The monoisotopic (exact) mass is 353 g/mol. The number of rotatable bonds is 4. The molecule has 0 spiro atoms. The van der Waals surface area contributed by atoms with E-state index in [-0.39, 0.29) is 0 Å². The van der Waals surface area contributed by atoms with Crippen molar-refractivity contribution < 1.29 is 4.74 Å². The maximum atomic E-state index is 6.25. The topological polar surface area (TPSA) is 21.3 Å². The van der Waals surface area contributed by atoms with Gasteiger partial charge in [-0.25, -0.2) is 0 Å². The maximum absolute atomic E-state index is 6.25. The number of hydrogen-bond donors (Lipinski definition) is 1. The summed E-state index contributed by atoms with van der Waals surface area (Å²) in [6, 6.07) is 9.92. The van der Waals surface area contributed by atoms with Crippen LogP contribution < -0.4 is 10.1 Å². The molecule has 0 saturated carbocycles. The molecule has 0 atom stereocenters. The van der Waals surface area contributed by atoms with E-state index < -0.39 is 0 Å². The molecule has 0 unspecified atom stereocenters. The van der Waals surface area contributed by atoms with E-state index in [0.29, 0.717) is 11.6 Å². The van der Waals surface area contributed by atoms with Gasteiger partial charge < -0.3 is 10.1 Å². The molecule has 4 heteroatoms. The van der Waals surface area contributed by atoms with Gasteiger partial charge in [-0.1, -0.05) is 23.7 Å². The van der Waals surface area contributed by atoms with E-state index >= 15 is 0 Å². The summed E-state index contributed by atoms with van der Waals surface area (Å²) < 4.78 is 6.41. The minimum Gasteiger partial charge on any atom is -0.496 e. The lowest BCUT2D eigenvalue weighted by atomic mass is 10.1. The molecule has 2 aromatic carbocycles. The van der Waals surface area contributed by atoms with Crippen molar-refractivity contribution in [2.75, 3.05) is 12.4 Å².